The smallest absolute Gasteiger partial charge is 0.120 e. The van der Waals surface area contributed by atoms with Crippen LogP contribution in [0.5, 0.6) is 5.75 Å². The van der Waals surface area contributed by atoms with E-state index >= 15 is 0 Å². The van der Waals surface area contributed by atoms with Crippen molar-refractivity contribution in [2.24, 2.45) is 11.7 Å². The fourth-order valence-corrected chi connectivity index (χ4v) is 3.10. The molecule has 3 N–H and O–H groups in total. The van der Waals surface area contributed by atoms with Gasteiger partial charge in [-0.05, 0) is 43.7 Å². The van der Waals surface area contributed by atoms with Crippen LogP contribution in [0.25, 0.3) is 0 Å². The van der Waals surface area contributed by atoms with Crippen molar-refractivity contribution in [3.63, 3.8) is 0 Å². The van der Waals surface area contributed by atoms with Gasteiger partial charge in [0.1, 0.15) is 10.7 Å². The average molecular weight is 292 g/mol. The normalized spacial score (nSPS) is 22.3. The van der Waals surface area contributed by atoms with E-state index in [2.05, 4.69) is 12.2 Å². The second-order valence-electron chi connectivity index (χ2n) is 5.55. The molecular formula is C16H24N2OS. The van der Waals surface area contributed by atoms with Gasteiger partial charge in [-0.3, -0.25) is 0 Å². The summed E-state index contributed by atoms with van der Waals surface area (Å²) in [7, 11) is 1.67. The van der Waals surface area contributed by atoms with Crippen LogP contribution < -0.4 is 15.8 Å². The van der Waals surface area contributed by atoms with E-state index < -0.39 is 0 Å². The predicted molar refractivity (Wildman–Crippen MR) is 88.5 cm³/mol. The highest BCUT2D eigenvalue weighted by Crippen LogP contribution is 2.30. The van der Waals surface area contributed by atoms with Gasteiger partial charge in [-0.25, -0.2) is 0 Å². The lowest BCUT2D eigenvalue weighted by Gasteiger charge is -2.29. The van der Waals surface area contributed by atoms with Crippen molar-refractivity contribution in [3.8, 4) is 5.75 Å². The van der Waals surface area contributed by atoms with Gasteiger partial charge < -0.3 is 15.8 Å². The molecule has 0 atom stereocenters. The summed E-state index contributed by atoms with van der Waals surface area (Å²) in [5, 5.41) is 3.60. The molecule has 4 heteroatoms. The van der Waals surface area contributed by atoms with Gasteiger partial charge in [-0.1, -0.05) is 25.6 Å². The number of thiocarbonyl (C=S) groups is 1. The van der Waals surface area contributed by atoms with E-state index in [1.807, 2.05) is 18.2 Å². The van der Waals surface area contributed by atoms with Gasteiger partial charge >= 0.3 is 0 Å². The Kier molecular flexibility index (Phi) is 5.24. The standard InChI is InChI=1S/C16H24N2OS/c1-3-11-4-6-12(7-5-11)18-15-10-13(19-2)8-9-14(15)16(17)20/h8-12,18H,3-7H2,1-2H3,(H2,17,20). The Hall–Kier alpha value is -1.29. The second-order valence-corrected chi connectivity index (χ2v) is 5.99. The van der Waals surface area contributed by atoms with Gasteiger partial charge in [-0.15, -0.1) is 0 Å². The zero-order valence-corrected chi connectivity index (χ0v) is 13.1. The highest BCUT2D eigenvalue weighted by atomic mass is 32.1. The van der Waals surface area contributed by atoms with Gasteiger partial charge in [-0.2, -0.15) is 0 Å². The van der Waals surface area contributed by atoms with Crippen LogP contribution in [0.2, 0.25) is 0 Å². The van der Waals surface area contributed by atoms with E-state index in [9.17, 15) is 0 Å². The van der Waals surface area contributed by atoms with Crippen LogP contribution in [0, 0.1) is 5.92 Å². The minimum atomic E-state index is 0.428. The average Bonchev–Trinajstić information content (AvgIpc) is 2.47. The summed E-state index contributed by atoms with van der Waals surface area (Å²) < 4.78 is 5.29. The lowest BCUT2D eigenvalue weighted by Crippen LogP contribution is -2.27. The quantitative estimate of drug-likeness (QED) is 0.812. The molecule has 1 aliphatic carbocycles. The number of hydrogen-bond donors (Lipinski definition) is 2. The maximum absolute atomic E-state index is 5.81. The van der Waals surface area contributed by atoms with Crippen molar-refractivity contribution < 1.29 is 4.74 Å². The molecule has 110 valence electrons. The molecule has 0 aromatic heterocycles. The summed E-state index contributed by atoms with van der Waals surface area (Å²) in [5.41, 5.74) is 7.70. The molecule has 1 aromatic carbocycles. The minimum Gasteiger partial charge on any atom is -0.497 e. The number of benzene rings is 1. The summed E-state index contributed by atoms with van der Waals surface area (Å²) in [6.07, 6.45) is 6.34. The Morgan fingerprint density at radius 3 is 2.60 bits per heavy atom. The summed E-state index contributed by atoms with van der Waals surface area (Å²) >= 11 is 5.13. The third-order valence-electron chi connectivity index (χ3n) is 4.28. The van der Waals surface area contributed by atoms with E-state index in [1.165, 1.54) is 32.1 Å². The Bertz CT molecular complexity index is 468. The topological polar surface area (TPSA) is 47.3 Å². The summed E-state index contributed by atoms with van der Waals surface area (Å²) in [4.78, 5) is 0.428. The highest BCUT2D eigenvalue weighted by Gasteiger charge is 2.20. The Morgan fingerprint density at radius 2 is 2.05 bits per heavy atom. The van der Waals surface area contributed by atoms with Crippen molar-refractivity contribution in [3.05, 3.63) is 23.8 Å². The van der Waals surface area contributed by atoms with Crippen LogP contribution >= 0.6 is 12.2 Å². The number of anilines is 1. The van der Waals surface area contributed by atoms with E-state index in [1.54, 1.807) is 7.11 Å². The molecule has 20 heavy (non-hydrogen) atoms. The fraction of sp³-hybridized carbons (Fsp3) is 0.562. The molecule has 1 aromatic rings. The first-order chi connectivity index (χ1) is 9.63. The molecule has 2 rings (SSSR count). The SMILES string of the molecule is CCC1CCC(Nc2cc(OC)ccc2C(N)=S)CC1. The monoisotopic (exact) mass is 292 g/mol. The van der Waals surface area contributed by atoms with E-state index in [-0.39, 0.29) is 0 Å². The molecule has 0 aliphatic heterocycles. The third kappa shape index (κ3) is 3.63. The van der Waals surface area contributed by atoms with E-state index in [4.69, 9.17) is 22.7 Å². The Labute approximate surface area is 126 Å². The largest absolute Gasteiger partial charge is 0.497 e. The van der Waals surface area contributed by atoms with Crippen LogP contribution in [0.4, 0.5) is 5.69 Å². The van der Waals surface area contributed by atoms with Gasteiger partial charge in [0.05, 0.1) is 7.11 Å². The lowest BCUT2D eigenvalue weighted by molar-refractivity contribution is 0.330. The molecule has 0 amide bonds. The Morgan fingerprint density at radius 1 is 1.35 bits per heavy atom. The van der Waals surface area contributed by atoms with E-state index in [0.717, 1.165) is 22.9 Å². The maximum atomic E-state index is 5.81. The number of rotatable bonds is 5. The van der Waals surface area contributed by atoms with Gasteiger partial charge in [0.25, 0.3) is 0 Å². The minimum absolute atomic E-state index is 0.428. The van der Waals surface area contributed by atoms with Gasteiger partial charge in [0, 0.05) is 23.4 Å². The molecule has 0 bridgehead atoms. The molecule has 0 unspecified atom stereocenters. The highest BCUT2D eigenvalue weighted by molar-refractivity contribution is 7.80. The van der Waals surface area contributed by atoms with Crippen LogP contribution in [-0.2, 0) is 0 Å². The molecule has 3 nitrogen and oxygen atoms in total. The van der Waals surface area contributed by atoms with Crippen LogP contribution in [0.15, 0.2) is 18.2 Å². The zero-order valence-electron chi connectivity index (χ0n) is 12.3. The predicted octanol–water partition coefficient (Wildman–Crippen LogP) is 3.71. The van der Waals surface area contributed by atoms with Gasteiger partial charge in [0.15, 0.2) is 0 Å². The summed E-state index contributed by atoms with van der Waals surface area (Å²) in [5.74, 6) is 1.73. The molecule has 0 saturated heterocycles. The zero-order chi connectivity index (χ0) is 14.5. The van der Waals surface area contributed by atoms with Crippen molar-refractivity contribution >= 4 is 22.9 Å². The van der Waals surface area contributed by atoms with Crippen LogP contribution in [-0.4, -0.2) is 18.1 Å². The number of nitrogens with one attached hydrogen (secondary N) is 1. The van der Waals surface area contributed by atoms with Crippen molar-refractivity contribution in [1.29, 1.82) is 0 Å². The molecular weight excluding hydrogens is 268 g/mol. The van der Waals surface area contributed by atoms with Crippen LogP contribution in [0.3, 0.4) is 0 Å². The number of methoxy groups -OCH3 is 1. The van der Waals surface area contributed by atoms with Gasteiger partial charge in [0.2, 0.25) is 0 Å². The first-order valence-corrected chi connectivity index (χ1v) is 7.79. The molecule has 1 fully saturated rings. The van der Waals surface area contributed by atoms with Crippen molar-refractivity contribution in [1.82, 2.24) is 0 Å². The Balaban J connectivity index is 2.09. The molecule has 1 saturated carbocycles. The molecule has 1 aliphatic rings. The molecule has 0 spiro atoms. The molecule has 0 heterocycles. The number of hydrogen-bond acceptors (Lipinski definition) is 3. The number of ether oxygens (including phenoxy) is 1. The fourth-order valence-electron chi connectivity index (χ4n) is 2.92. The summed E-state index contributed by atoms with van der Waals surface area (Å²) in [6.45, 7) is 2.28. The van der Waals surface area contributed by atoms with E-state index in [0.29, 0.717) is 11.0 Å². The van der Waals surface area contributed by atoms with Crippen LogP contribution in [0.1, 0.15) is 44.6 Å². The number of nitrogens with two attached hydrogens (primary N) is 1. The van der Waals surface area contributed by atoms with Crippen molar-refractivity contribution in [2.75, 3.05) is 12.4 Å². The summed E-state index contributed by atoms with van der Waals surface area (Å²) in [6, 6.07) is 6.33. The van der Waals surface area contributed by atoms with Crippen molar-refractivity contribution in [2.45, 2.75) is 45.1 Å². The molecule has 0 radical (unpaired) electrons. The third-order valence-corrected chi connectivity index (χ3v) is 4.50. The second kappa shape index (κ2) is 6.93. The first-order valence-electron chi connectivity index (χ1n) is 7.38. The maximum Gasteiger partial charge on any atom is 0.120 e. The lowest BCUT2D eigenvalue weighted by atomic mass is 9.84. The first kappa shape index (κ1) is 15.1.